The third-order valence-corrected chi connectivity index (χ3v) is 7.12. The maximum atomic E-state index is 13.1. The van der Waals surface area contributed by atoms with Gasteiger partial charge in [-0.25, -0.2) is 4.98 Å². The molecule has 2 aromatic carbocycles. The standard InChI is InChI=1S/C27H28Cl2N6O/c1-2-3-4-5-19-6-8-20(9-7-19)25(36)33-14-16-34(17-15-33)27-31-26-30-13-12-24(35(26)32-27)22-18-21(28)10-11-23(22)29/h6-13,18H,2-5,14-17H2,1H3. The first-order valence-corrected chi connectivity index (χ1v) is 13.1. The van der Waals surface area contributed by atoms with Gasteiger partial charge in [0.1, 0.15) is 0 Å². The van der Waals surface area contributed by atoms with Crippen molar-refractivity contribution in [1.82, 2.24) is 24.5 Å². The number of amides is 1. The number of hydrogen-bond acceptors (Lipinski definition) is 5. The van der Waals surface area contributed by atoms with E-state index in [1.165, 1.54) is 24.8 Å². The molecule has 0 bridgehead atoms. The summed E-state index contributed by atoms with van der Waals surface area (Å²) in [5.41, 5.74) is 3.55. The minimum absolute atomic E-state index is 0.0669. The fraction of sp³-hybridized carbons (Fsp3) is 0.333. The lowest BCUT2D eigenvalue weighted by atomic mass is 10.0. The number of benzene rings is 2. The highest BCUT2D eigenvalue weighted by Crippen LogP contribution is 2.30. The molecule has 186 valence electrons. The van der Waals surface area contributed by atoms with Crippen LogP contribution in [0.3, 0.4) is 0 Å². The number of nitrogens with zero attached hydrogens (tertiary/aromatic N) is 6. The molecule has 1 fully saturated rings. The molecule has 0 spiro atoms. The summed E-state index contributed by atoms with van der Waals surface area (Å²) in [6.07, 6.45) is 6.38. The lowest BCUT2D eigenvalue weighted by Gasteiger charge is -2.34. The zero-order valence-electron chi connectivity index (χ0n) is 20.2. The van der Waals surface area contributed by atoms with Gasteiger partial charge >= 0.3 is 0 Å². The Morgan fingerprint density at radius 3 is 2.50 bits per heavy atom. The third kappa shape index (κ3) is 5.18. The number of rotatable bonds is 7. The van der Waals surface area contributed by atoms with E-state index in [4.69, 9.17) is 28.3 Å². The Kier molecular flexibility index (Phi) is 7.39. The van der Waals surface area contributed by atoms with Crippen molar-refractivity contribution in [3.05, 3.63) is 75.9 Å². The fourth-order valence-corrected chi connectivity index (χ4v) is 4.89. The molecule has 36 heavy (non-hydrogen) atoms. The lowest BCUT2D eigenvalue weighted by Crippen LogP contribution is -2.49. The summed E-state index contributed by atoms with van der Waals surface area (Å²) < 4.78 is 1.69. The second-order valence-electron chi connectivity index (χ2n) is 9.01. The predicted octanol–water partition coefficient (Wildman–Crippen LogP) is 5.79. The summed E-state index contributed by atoms with van der Waals surface area (Å²) in [6.45, 7) is 4.70. The summed E-state index contributed by atoms with van der Waals surface area (Å²) >= 11 is 12.6. The van der Waals surface area contributed by atoms with Gasteiger partial charge in [0.15, 0.2) is 0 Å². The number of carbonyl (C=O) groups excluding carboxylic acids is 1. The molecule has 9 heteroatoms. The van der Waals surface area contributed by atoms with Crippen molar-refractivity contribution in [2.45, 2.75) is 32.6 Å². The van der Waals surface area contributed by atoms with E-state index in [0.29, 0.717) is 48.0 Å². The summed E-state index contributed by atoms with van der Waals surface area (Å²) in [5.74, 6) is 1.13. The predicted molar refractivity (Wildman–Crippen MR) is 144 cm³/mol. The van der Waals surface area contributed by atoms with Crippen molar-refractivity contribution in [3.8, 4) is 11.3 Å². The number of fused-ring (bicyclic) bond motifs is 1. The van der Waals surface area contributed by atoms with Crippen LogP contribution in [0.2, 0.25) is 10.0 Å². The molecule has 0 aliphatic carbocycles. The maximum absolute atomic E-state index is 13.1. The van der Waals surface area contributed by atoms with E-state index in [1.807, 2.05) is 29.2 Å². The second kappa shape index (κ2) is 10.8. The minimum atomic E-state index is 0.0669. The van der Waals surface area contributed by atoms with Gasteiger partial charge in [-0.15, -0.1) is 5.10 Å². The number of carbonyl (C=O) groups is 1. The van der Waals surface area contributed by atoms with Gasteiger partial charge in [0.2, 0.25) is 5.95 Å². The molecule has 1 aliphatic heterocycles. The van der Waals surface area contributed by atoms with Crippen LogP contribution in [0.4, 0.5) is 5.95 Å². The van der Waals surface area contributed by atoms with Crippen molar-refractivity contribution < 1.29 is 4.79 Å². The zero-order valence-corrected chi connectivity index (χ0v) is 21.7. The van der Waals surface area contributed by atoms with Gasteiger partial charge < -0.3 is 9.80 Å². The number of aromatic nitrogens is 4. The number of unbranched alkanes of at least 4 members (excludes halogenated alkanes) is 2. The van der Waals surface area contributed by atoms with Crippen LogP contribution in [0.5, 0.6) is 0 Å². The molecule has 7 nitrogen and oxygen atoms in total. The van der Waals surface area contributed by atoms with Gasteiger partial charge in [0, 0.05) is 48.5 Å². The molecule has 1 aliphatic rings. The normalized spacial score (nSPS) is 14.0. The highest BCUT2D eigenvalue weighted by Gasteiger charge is 2.25. The van der Waals surface area contributed by atoms with E-state index in [0.717, 1.165) is 23.2 Å². The number of piperazine rings is 1. The van der Waals surface area contributed by atoms with E-state index in [9.17, 15) is 4.79 Å². The van der Waals surface area contributed by atoms with E-state index >= 15 is 0 Å². The molecule has 0 N–H and O–H groups in total. The lowest BCUT2D eigenvalue weighted by molar-refractivity contribution is 0.0746. The number of anilines is 1. The Labute approximate surface area is 220 Å². The fourth-order valence-electron chi connectivity index (χ4n) is 4.50. The van der Waals surface area contributed by atoms with Crippen LogP contribution < -0.4 is 4.90 Å². The SMILES string of the molecule is CCCCCc1ccc(C(=O)N2CCN(c3nc4nccc(-c5cc(Cl)ccc5Cl)n4n3)CC2)cc1. The zero-order chi connectivity index (χ0) is 25.1. The van der Waals surface area contributed by atoms with E-state index in [1.54, 1.807) is 22.8 Å². The largest absolute Gasteiger partial charge is 0.336 e. The van der Waals surface area contributed by atoms with Crippen LogP contribution in [0.15, 0.2) is 54.7 Å². The van der Waals surface area contributed by atoms with Crippen molar-refractivity contribution >= 4 is 40.8 Å². The number of aryl methyl sites for hydroxylation is 1. The Morgan fingerprint density at radius 1 is 0.972 bits per heavy atom. The first-order chi connectivity index (χ1) is 17.5. The molecule has 1 saturated heterocycles. The highest BCUT2D eigenvalue weighted by atomic mass is 35.5. The quantitative estimate of drug-likeness (QED) is 0.287. The van der Waals surface area contributed by atoms with Crippen LogP contribution in [0.1, 0.15) is 42.1 Å². The van der Waals surface area contributed by atoms with E-state index < -0.39 is 0 Å². The molecular formula is C27H28Cl2N6O. The molecule has 0 unspecified atom stereocenters. The third-order valence-electron chi connectivity index (χ3n) is 6.55. The number of hydrogen-bond donors (Lipinski definition) is 0. The molecule has 4 aromatic rings. The van der Waals surface area contributed by atoms with Crippen LogP contribution in [0, 0.1) is 0 Å². The van der Waals surface area contributed by atoms with Crippen LogP contribution in [-0.2, 0) is 6.42 Å². The summed E-state index contributed by atoms with van der Waals surface area (Å²) in [6, 6.07) is 15.2. The number of halogens is 2. The van der Waals surface area contributed by atoms with Crippen LogP contribution in [0.25, 0.3) is 17.0 Å². The van der Waals surface area contributed by atoms with E-state index in [2.05, 4.69) is 33.9 Å². The van der Waals surface area contributed by atoms with Gasteiger partial charge in [0.25, 0.3) is 11.7 Å². The van der Waals surface area contributed by atoms with Crippen molar-refractivity contribution in [1.29, 1.82) is 0 Å². The minimum Gasteiger partial charge on any atom is -0.336 e. The summed E-state index contributed by atoms with van der Waals surface area (Å²) in [7, 11) is 0. The van der Waals surface area contributed by atoms with Crippen molar-refractivity contribution in [3.63, 3.8) is 0 Å². The highest BCUT2D eigenvalue weighted by molar-refractivity contribution is 6.35. The van der Waals surface area contributed by atoms with Crippen LogP contribution in [-0.4, -0.2) is 56.6 Å². The van der Waals surface area contributed by atoms with E-state index in [-0.39, 0.29) is 5.91 Å². The summed E-state index contributed by atoms with van der Waals surface area (Å²) in [4.78, 5) is 26.0. The average Bonchev–Trinajstić information content (AvgIpc) is 3.35. The van der Waals surface area contributed by atoms with Crippen molar-refractivity contribution in [2.24, 2.45) is 0 Å². The first-order valence-electron chi connectivity index (χ1n) is 12.3. The monoisotopic (exact) mass is 522 g/mol. The smallest absolute Gasteiger partial charge is 0.254 e. The second-order valence-corrected chi connectivity index (χ2v) is 9.85. The van der Waals surface area contributed by atoms with Gasteiger partial charge in [-0.2, -0.15) is 9.50 Å². The molecule has 2 aromatic heterocycles. The molecule has 5 rings (SSSR count). The molecule has 0 radical (unpaired) electrons. The van der Waals surface area contributed by atoms with Gasteiger partial charge in [-0.3, -0.25) is 4.79 Å². The van der Waals surface area contributed by atoms with Crippen molar-refractivity contribution in [2.75, 3.05) is 31.1 Å². The van der Waals surface area contributed by atoms with Crippen LogP contribution >= 0.6 is 23.2 Å². The first kappa shape index (κ1) is 24.5. The Balaban J connectivity index is 1.27. The summed E-state index contributed by atoms with van der Waals surface area (Å²) in [5, 5.41) is 5.88. The molecular weight excluding hydrogens is 495 g/mol. The average molecular weight is 523 g/mol. The van der Waals surface area contributed by atoms with Gasteiger partial charge in [0.05, 0.1) is 10.7 Å². The Morgan fingerprint density at radius 2 is 1.75 bits per heavy atom. The van der Waals surface area contributed by atoms with Gasteiger partial charge in [-0.05, 0) is 54.8 Å². The Hall–Kier alpha value is -3.16. The van der Waals surface area contributed by atoms with Gasteiger partial charge in [-0.1, -0.05) is 55.1 Å². The molecule has 0 atom stereocenters. The topological polar surface area (TPSA) is 66.6 Å². The molecule has 1 amide bonds. The maximum Gasteiger partial charge on any atom is 0.254 e. The molecule has 3 heterocycles. The Bertz CT molecular complexity index is 1360. The molecule has 0 saturated carbocycles.